The quantitative estimate of drug-likeness (QED) is 0.391. The molecule has 0 aromatic heterocycles. The fraction of sp³-hybridized carbons (Fsp3) is 0.800. The van der Waals surface area contributed by atoms with Gasteiger partial charge in [-0.05, 0) is 60.8 Å². The standard InChI is InChI=1S/C14H26O2.C6H14O2/c1-5-6-7-8-9-10-11-16-13(2)12-14(3,4)15;1-5(7)4-6(2,3)8/h5,9-10,13,15H,1,6-8,11-12H2,2-4H3;5,7-8H,4H2,1-3H3. The van der Waals surface area contributed by atoms with Gasteiger partial charge in [-0.25, -0.2) is 0 Å². The third-order valence-electron chi connectivity index (χ3n) is 3.00. The SMILES string of the molecule is C=CCCCC=CCOC(C)CC(C)(C)O.CC(O)CC(C)(C)O. The molecule has 4 nitrogen and oxygen atoms in total. The van der Waals surface area contributed by atoms with Crippen LogP contribution >= 0.6 is 0 Å². The van der Waals surface area contributed by atoms with Crippen molar-refractivity contribution in [2.45, 2.75) is 97.1 Å². The molecule has 0 radical (unpaired) electrons. The highest BCUT2D eigenvalue weighted by Gasteiger charge is 2.17. The fourth-order valence-electron chi connectivity index (χ4n) is 2.27. The molecule has 4 heteroatoms. The Morgan fingerprint density at radius 1 is 0.958 bits per heavy atom. The van der Waals surface area contributed by atoms with Gasteiger partial charge in [0.15, 0.2) is 0 Å². The van der Waals surface area contributed by atoms with E-state index in [1.165, 1.54) is 0 Å². The molecule has 0 aliphatic carbocycles. The zero-order valence-electron chi connectivity index (χ0n) is 16.6. The van der Waals surface area contributed by atoms with Gasteiger partial charge in [0.05, 0.1) is 30.0 Å². The maximum atomic E-state index is 9.58. The third-order valence-corrected chi connectivity index (χ3v) is 3.00. The number of aliphatic hydroxyl groups excluding tert-OH is 1. The second kappa shape index (κ2) is 13.6. The molecule has 0 saturated carbocycles. The molecule has 0 saturated heterocycles. The Morgan fingerprint density at radius 2 is 1.50 bits per heavy atom. The Kier molecular flexibility index (Phi) is 14.5. The summed E-state index contributed by atoms with van der Waals surface area (Å²) in [6.07, 6.45) is 10.2. The monoisotopic (exact) mass is 344 g/mol. The van der Waals surface area contributed by atoms with E-state index in [9.17, 15) is 5.11 Å². The molecule has 0 aromatic rings. The lowest BCUT2D eigenvalue weighted by atomic mass is 10.0. The maximum Gasteiger partial charge on any atom is 0.0651 e. The zero-order chi connectivity index (χ0) is 19.2. The van der Waals surface area contributed by atoms with Crippen molar-refractivity contribution >= 4 is 0 Å². The summed E-state index contributed by atoms with van der Waals surface area (Å²) in [6.45, 7) is 14.9. The van der Waals surface area contributed by atoms with Crippen LogP contribution in [0.1, 0.15) is 73.6 Å². The van der Waals surface area contributed by atoms with Gasteiger partial charge in [0.2, 0.25) is 0 Å². The van der Waals surface area contributed by atoms with Gasteiger partial charge >= 0.3 is 0 Å². The number of rotatable bonds is 11. The molecule has 3 N–H and O–H groups in total. The normalized spacial score (nSPS) is 14.9. The summed E-state index contributed by atoms with van der Waals surface area (Å²) in [7, 11) is 0. The Labute approximate surface area is 149 Å². The van der Waals surface area contributed by atoms with Crippen LogP contribution in [0, 0.1) is 0 Å². The van der Waals surface area contributed by atoms with Gasteiger partial charge in [0, 0.05) is 12.8 Å². The highest BCUT2D eigenvalue weighted by Crippen LogP contribution is 2.12. The summed E-state index contributed by atoms with van der Waals surface area (Å²) in [5, 5.41) is 27.3. The van der Waals surface area contributed by atoms with Crippen molar-refractivity contribution in [1.29, 1.82) is 0 Å². The lowest BCUT2D eigenvalue weighted by Crippen LogP contribution is -2.26. The van der Waals surface area contributed by atoms with Crippen molar-refractivity contribution in [1.82, 2.24) is 0 Å². The van der Waals surface area contributed by atoms with Crippen molar-refractivity contribution in [2.24, 2.45) is 0 Å². The lowest BCUT2D eigenvalue weighted by Gasteiger charge is -2.21. The lowest BCUT2D eigenvalue weighted by molar-refractivity contribution is -0.00368. The molecule has 0 fully saturated rings. The van der Waals surface area contributed by atoms with Gasteiger partial charge < -0.3 is 20.1 Å². The van der Waals surface area contributed by atoms with Gasteiger partial charge in [-0.1, -0.05) is 18.2 Å². The largest absolute Gasteiger partial charge is 0.393 e. The van der Waals surface area contributed by atoms with Crippen LogP contribution in [-0.2, 0) is 4.74 Å². The maximum absolute atomic E-state index is 9.58. The van der Waals surface area contributed by atoms with Gasteiger partial charge in [0.25, 0.3) is 0 Å². The van der Waals surface area contributed by atoms with Crippen molar-refractivity contribution < 1.29 is 20.1 Å². The van der Waals surface area contributed by atoms with Crippen LogP contribution < -0.4 is 0 Å². The summed E-state index contributed by atoms with van der Waals surface area (Å²) in [6, 6.07) is 0. The number of ether oxygens (including phenoxy) is 1. The smallest absolute Gasteiger partial charge is 0.0651 e. The zero-order valence-corrected chi connectivity index (χ0v) is 16.6. The van der Waals surface area contributed by atoms with E-state index in [1.54, 1.807) is 34.6 Å². The summed E-state index contributed by atoms with van der Waals surface area (Å²) >= 11 is 0. The number of allylic oxidation sites excluding steroid dienone is 2. The van der Waals surface area contributed by atoms with Gasteiger partial charge in [-0.2, -0.15) is 0 Å². The molecule has 144 valence electrons. The molecule has 0 aliphatic rings. The Bertz CT molecular complexity index is 322. The van der Waals surface area contributed by atoms with Crippen molar-refractivity contribution in [3.05, 3.63) is 24.8 Å². The Hall–Kier alpha value is -0.680. The van der Waals surface area contributed by atoms with Gasteiger partial charge in [0.1, 0.15) is 0 Å². The molecule has 0 spiro atoms. The number of hydrogen-bond acceptors (Lipinski definition) is 4. The highest BCUT2D eigenvalue weighted by molar-refractivity contribution is 4.83. The average Bonchev–Trinajstić information content (AvgIpc) is 2.33. The molecule has 0 heterocycles. The first kappa shape index (κ1) is 25.6. The first-order valence-electron chi connectivity index (χ1n) is 8.87. The van der Waals surface area contributed by atoms with E-state index in [1.807, 2.05) is 19.1 Å². The van der Waals surface area contributed by atoms with E-state index in [-0.39, 0.29) is 6.10 Å². The molecule has 0 amide bonds. The summed E-state index contributed by atoms with van der Waals surface area (Å²) < 4.78 is 5.56. The predicted molar refractivity (Wildman–Crippen MR) is 102 cm³/mol. The number of unbranched alkanes of at least 4 members (excludes halogenated alkanes) is 2. The van der Waals surface area contributed by atoms with E-state index in [0.29, 0.717) is 19.4 Å². The molecule has 0 aliphatic heterocycles. The van der Waals surface area contributed by atoms with Crippen LogP contribution in [0.5, 0.6) is 0 Å². The minimum atomic E-state index is -0.728. The van der Waals surface area contributed by atoms with Gasteiger partial charge in [-0.3, -0.25) is 0 Å². The second-order valence-electron chi connectivity index (χ2n) is 7.72. The molecule has 0 rings (SSSR count). The summed E-state index contributed by atoms with van der Waals surface area (Å²) in [5.41, 5.74) is -1.37. The van der Waals surface area contributed by atoms with Gasteiger partial charge in [-0.15, -0.1) is 6.58 Å². The molecular formula is C20H40O4. The minimum Gasteiger partial charge on any atom is -0.393 e. The first-order valence-corrected chi connectivity index (χ1v) is 8.87. The number of aliphatic hydroxyl groups is 3. The second-order valence-corrected chi connectivity index (χ2v) is 7.72. The van der Waals surface area contributed by atoms with E-state index in [2.05, 4.69) is 12.7 Å². The summed E-state index contributed by atoms with van der Waals surface area (Å²) in [4.78, 5) is 0. The molecule has 2 atom stereocenters. The van der Waals surface area contributed by atoms with Crippen LogP contribution in [0.25, 0.3) is 0 Å². The Morgan fingerprint density at radius 3 is 1.88 bits per heavy atom. The van der Waals surface area contributed by atoms with E-state index in [4.69, 9.17) is 14.9 Å². The molecule has 0 bridgehead atoms. The molecule has 0 aromatic carbocycles. The highest BCUT2D eigenvalue weighted by atomic mass is 16.5. The summed E-state index contributed by atoms with van der Waals surface area (Å²) in [5.74, 6) is 0. The Balaban J connectivity index is 0. The molecular weight excluding hydrogens is 304 g/mol. The average molecular weight is 345 g/mol. The van der Waals surface area contributed by atoms with E-state index < -0.39 is 17.3 Å². The third kappa shape index (κ3) is 26.2. The van der Waals surface area contributed by atoms with E-state index in [0.717, 1.165) is 19.3 Å². The van der Waals surface area contributed by atoms with Crippen molar-refractivity contribution in [3.63, 3.8) is 0 Å². The topological polar surface area (TPSA) is 69.9 Å². The fourth-order valence-corrected chi connectivity index (χ4v) is 2.27. The molecule has 2 unspecified atom stereocenters. The van der Waals surface area contributed by atoms with E-state index >= 15 is 0 Å². The van der Waals surface area contributed by atoms with Crippen LogP contribution in [0.3, 0.4) is 0 Å². The van der Waals surface area contributed by atoms with Crippen LogP contribution in [0.2, 0.25) is 0 Å². The predicted octanol–water partition coefficient (Wildman–Crippen LogP) is 3.99. The van der Waals surface area contributed by atoms with Crippen LogP contribution in [0.4, 0.5) is 0 Å². The first-order chi connectivity index (χ1) is 10.9. The van der Waals surface area contributed by atoms with Crippen LogP contribution in [0.15, 0.2) is 24.8 Å². The van der Waals surface area contributed by atoms with Crippen LogP contribution in [-0.4, -0.2) is 45.3 Å². The minimum absolute atomic E-state index is 0.0952. The van der Waals surface area contributed by atoms with Crippen molar-refractivity contribution in [3.8, 4) is 0 Å². The molecule has 24 heavy (non-hydrogen) atoms. The number of hydrogen-bond donors (Lipinski definition) is 3. The van der Waals surface area contributed by atoms with Crippen molar-refractivity contribution in [2.75, 3.05) is 6.61 Å².